The molecule has 0 bridgehead atoms. The van der Waals surface area contributed by atoms with Crippen molar-refractivity contribution in [3.63, 3.8) is 0 Å². The Morgan fingerprint density at radius 3 is 2.65 bits per heavy atom. The van der Waals surface area contributed by atoms with E-state index in [2.05, 4.69) is 0 Å². The van der Waals surface area contributed by atoms with Crippen molar-refractivity contribution in [3.8, 4) is 11.5 Å². The summed E-state index contributed by atoms with van der Waals surface area (Å²) in [5.74, 6) is 1.33. The summed E-state index contributed by atoms with van der Waals surface area (Å²) < 4.78 is 23.6. The predicted octanol–water partition coefficient (Wildman–Crippen LogP) is 3.15. The van der Waals surface area contributed by atoms with Crippen LogP contribution in [0.1, 0.15) is 11.1 Å². The van der Waals surface area contributed by atoms with Gasteiger partial charge in [0.1, 0.15) is 5.82 Å². The maximum absolute atomic E-state index is 13.0. The van der Waals surface area contributed by atoms with Crippen LogP contribution in [-0.2, 0) is 6.42 Å². The first kappa shape index (κ1) is 10.1. The van der Waals surface area contributed by atoms with E-state index in [9.17, 15) is 4.39 Å². The minimum Gasteiger partial charge on any atom is -0.454 e. The van der Waals surface area contributed by atoms with Crippen molar-refractivity contribution >= 4 is 0 Å². The van der Waals surface area contributed by atoms with Gasteiger partial charge in [0.2, 0.25) is 6.79 Å². The van der Waals surface area contributed by atoms with Gasteiger partial charge in [-0.15, -0.1) is 0 Å². The molecule has 0 fully saturated rings. The van der Waals surface area contributed by atoms with E-state index < -0.39 is 0 Å². The van der Waals surface area contributed by atoms with Crippen LogP contribution in [-0.4, -0.2) is 6.79 Å². The molecule has 1 aliphatic rings. The van der Waals surface area contributed by atoms with E-state index in [1.807, 2.05) is 24.3 Å². The second kappa shape index (κ2) is 4.09. The van der Waals surface area contributed by atoms with Crippen LogP contribution in [0.5, 0.6) is 11.5 Å². The van der Waals surface area contributed by atoms with Gasteiger partial charge in [-0.2, -0.15) is 0 Å². The highest BCUT2D eigenvalue weighted by atomic mass is 19.1. The van der Waals surface area contributed by atoms with Crippen molar-refractivity contribution in [1.82, 2.24) is 0 Å². The highest BCUT2D eigenvalue weighted by Crippen LogP contribution is 2.33. The van der Waals surface area contributed by atoms with Crippen LogP contribution in [0.25, 0.3) is 0 Å². The van der Waals surface area contributed by atoms with Gasteiger partial charge in [-0.3, -0.25) is 0 Å². The Kier molecular flexibility index (Phi) is 2.44. The van der Waals surface area contributed by atoms with Gasteiger partial charge in [-0.1, -0.05) is 18.2 Å². The lowest BCUT2D eigenvalue weighted by Gasteiger charge is -2.03. The van der Waals surface area contributed by atoms with E-state index in [4.69, 9.17) is 9.47 Å². The van der Waals surface area contributed by atoms with E-state index in [0.717, 1.165) is 22.6 Å². The molecule has 2 aromatic rings. The van der Waals surface area contributed by atoms with Crippen molar-refractivity contribution in [3.05, 3.63) is 59.4 Å². The molecule has 17 heavy (non-hydrogen) atoms. The average molecular weight is 230 g/mol. The first-order valence-corrected chi connectivity index (χ1v) is 5.44. The molecule has 1 heterocycles. The largest absolute Gasteiger partial charge is 0.454 e. The maximum atomic E-state index is 13.0. The summed E-state index contributed by atoms with van der Waals surface area (Å²) in [6.07, 6.45) is 0.689. The van der Waals surface area contributed by atoms with Crippen molar-refractivity contribution in [2.75, 3.05) is 6.79 Å². The Morgan fingerprint density at radius 2 is 1.76 bits per heavy atom. The van der Waals surface area contributed by atoms with Gasteiger partial charge in [0.25, 0.3) is 0 Å². The lowest BCUT2D eigenvalue weighted by Crippen LogP contribution is -1.93. The smallest absolute Gasteiger partial charge is 0.231 e. The third-order valence-electron chi connectivity index (χ3n) is 2.73. The Labute approximate surface area is 98.6 Å². The summed E-state index contributed by atoms with van der Waals surface area (Å²) in [4.78, 5) is 0. The van der Waals surface area contributed by atoms with Gasteiger partial charge in [0.05, 0.1) is 0 Å². The molecule has 86 valence electrons. The Morgan fingerprint density at radius 1 is 0.941 bits per heavy atom. The average Bonchev–Trinajstić information content (AvgIpc) is 2.76. The minimum absolute atomic E-state index is 0.205. The zero-order valence-corrected chi connectivity index (χ0v) is 9.15. The Hall–Kier alpha value is -2.03. The van der Waals surface area contributed by atoms with E-state index in [1.165, 1.54) is 6.07 Å². The highest BCUT2D eigenvalue weighted by molar-refractivity contribution is 5.45. The fourth-order valence-corrected chi connectivity index (χ4v) is 1.93. The van der Waals surface area contributed by atoms with Crippen molar-refractivity contribution in [1.29, 1.82) is 0 Å². The van der Waals surface area contributed by atoms with Crippen LogP contribution in [0.3, 0.4) is 0 Å². The molecule has 3 rings (SSSR count). The van der Waals surface area contributed by atoms with Crippen molar-refractivity contribution in [2.45, 2.75) is 6.42 Å². The highest BCUT2D eigenvalue weighted by Gasteiger charge is 2.13. The lowest BCUT2D eigenvalue weighted by atomic mass is 10.0. The maximum Gasteiger partial charge on any atom is 0.231 e. The molecule has 0 unspecified atom stereocenters. The van der Waals surface area contributed by atoms with Crippen LogP contribution in [0.15, 0.2) is 42.5 Å². The summed E-state index contributed by atoms with van der Waals surface area (Å²) in [5, 5.41) is 0. The lowest BCUT2D eigenvalue weighted by molar-refractivity contribution is 0.174. The molecular weight excluding hydrogens is 219 g/mol. The van der Waals surface area contributed by atoms with E-state index >= 15 is 0 Å². The third kappa shape index (κ3) is 2.09. The molecule has 0 atom stereocenters. The number of hydrogen-bond donors (Lipinski definition) is 0. The molecule has 0 amide bonds. The van der Waals surface area contributed by atoms with E-state index in [-0.39, 0.29) is 12.6 Å². The molecule has 3 heteroatoms. The number of hydrogen-bond acceptors (Lipinski definition) is 2. The quantitative estimate of drug-likeness (QED) is 0.789. The molecule has 0 spiro atoms. The molecule has 0 saturated heterocycles. The molecule has 2 nitrogen and oxygen atoms in total. The number of rotatable bonds is 2. The SMILES string of the molecule is Fc1cccc(Cc2ccc3c(c2)OCO3)c1. The van der Waals surface area contributed by atoms with Crippen LogP contribution >= 0.6 is 0 Å². The van der Waals surface area contributed by atoms with Crippen LogP contribution in [0.2, 0.25) is 0 Å². The third-order valence-corrected chi connectivity index (χ3v) is 2.73. The molecule has 2 aromatic carbocycles. The molecular formula is C14H11FO2. The monoisotopic (exact) mass is 230 g/mol. The van der Waals surface area contributed by atoms with Gasteiger partial charge in [-0.25, -0.2) is 4.39 Å². The Balaban J connectivity index is 1.86. The molecule has 0 saturated carbocycles. The predicted molar refractivity (Wildman–Crippen MR) is 61.8 cm³/mol. The van der Waals surface area contributed by atoms with Gasteiger partial charge in [-0.05, 0) is 41.8 Å². The second-order valence-corrected chi connectivity index (χ2v) is 3.99. The van der Waals surface area contributed by atoms with Crippen LogP contribution in [0.4, 0.5) is 4.39 Å². The minimum atomic E-state index is -0.205. The number of ether oxygens (including phenoxy) is 2. The van der Waals surface area contributed by atoms with Gasteiger partial charge < -0.3 is 9.47 Å². The molecule has 0 N–H and O–H groups in total. The fourth-order valence-electron chi connectivity index (χ4n) is 1.93. The number of benzene rings is 2. The van der Waals surface area contributed by atoms with Crippen LogP contribution < -0.4 is 9.47 Å². The summed E-state index contributed by atoms with van der Waals surface area (Å²) in [6.45, 7) is 0.277. The van der Waals surface area contributed by atoms with Gasteiger partial charge >= 0.3 is 0 Å². The topological polar surface area (TPSA) is 18.5 Å². The van der Waals surface area contributed by atoms with Gasteiger partial charge in [0.15, 0.2) is 11.5 Å². The Bertz CT molecular complexity index is 552. The molecule has 1 aliphatic heterocycles. The van der Waals surface area contributed by atoms with Crippen molar-refractivity contribution < 1.29 is 13.9 Å². The molecule has 0 radical (unpaired) electrons. The normalized spacial score (nSPS) is 12.8. The summed E-state index contributed by atoms with van der Waals surface area (Å²) in [5.41, 5.74) is 2.03. The number of halogens is 1. The summed E-state index contributed by atoms with van der Waals surface area (Å²) in [6, 6.07) is 12.4. The van der Waals surface area contributed by atoms with Gasteiger partial charge in [0, 0.05) is 0 Å². The second-order valence-electron chi connectivity index (χ2n) is 3.99. The van der Waals surface area contributed by atoms with E-state index in [0.29, 0.717) is 6.42 Å². The van der Waals surface area contributed by atoms with E-state index in [1.54, 1.807) is 12.1 Å². The van der Waals surface area contributed by atoms with Crippen LogP contribution in [0, 0.1) is 5.82 Å². The summed E-state index contributed by atoms with van der Waals surface area (Å²) >= 11 is 0. The zero-order valence-electron chi connectivity index (χ0n) is 9.15. The van der Waals surface area contributed by atoms with Crippen molar-refractivity contribution in [2.24, 2.45) is 0 Å². The standard InChI is InChI=1S/C14H11FO2/c15-12-3-1-2-10(7-12)6-11-4-5-13-14(8-11)17-9-16-13/h1-5,7-8H,6,9H2. The number of fused-ring (bicyclic) bond motifs is 1. The molecule has 0 aromatic heterocycles. The first-order chi connectivity index (χ1) is 8.31. The first-order valence-electron chi connectivity index (χ1n) is 5.44. The fraction of sp³-hybridized carbons (Fsp3) is 0.143. The molecule has 0 aliphatic carbocycles. The summed E-state index contributed by atoms with van der Waals surface area (Å²) in [7, 11) is 0. The zero-order chi connectivity index (χ0) is 11.7.